The van der Waals surface area contributed by atoms with Gasteiger partial charge in [0.05, 0.1) is 0 Å². The zero-order valence-corrected chi connectivity index (χ0v) is 13.8. The highest BCUT2D eigenvalue weighted by Gasteiger charge is 2.27. The molecule has 1 aliphatic heterocycles. The van der Waals surface area contributed by atoms with Crippen LogP contribution in [0.1, 0.15) is 13.3 Å². The standard InChI is InChI=1S/C14H23N3.HI/c1-11(16(2)3)12-8-9-17(10-12)14-6-4-13(15)5-7-14;/h4-7,11-12H,8-10,15H2,1-3H3;1H. The van der Waals surface area contributed by atoms with Gasteiger partial charge < -0.3 is 15.5 Å². The van der Waals surface area contributed by atoms with Crippen LogP contribution in [0.5, 0.6) is 0 Å². The van der Waals surface area contributed by atoms with E-state index >= 15 is 0 Å². The molecule has 0 bridgehead atoms. The summed E-state index contributed by atoms with van der Waals surface area (Å²) in [6.45, 7) is 4.63. The fraction of sp³-hybridized carbons (Fsp3) is 0.571. The molecule has 1 aliphatic rings. The summed E-state index contributed by atoms with van der Waals surface area (Å²) in [6, 6.07) is 8.86. The van der Waals surface area contributed by atoms with Gasteiger partial charge in [-0.1, -0.05) is 0 Å². The molecule has 1 saturated heterocycles. The topological polar surface area (TPSA) is 32.5 Å². The molecule has 2 unspecified atom stereocenters. The molecular formula is C14H24IN3. The van der Waals surface area contributed by atoms with E-state index in [4.69, 9.17) is 5.73 Å². The first-order valence-electron chi connectivity index (χ1n) is 6.35. The lowest BCUT2D eigenvalue weighted by molar-refractivity contribution is 0.240. The van der Waals surface area contributed by atoms with Crippen molar-refractivity contribution in [3.8, 4) is 0 Å². The van der Waals surface area contributed by atoms with Gasteiger partial charge in [-0.2, -0.15) is 0 Å². The fourth-order valence-electron chi connectivity index (χ4n) is 2.52. The predicted octanol–water partition coefficient (Wildman–Crippen LogP) is 2.66. The third-order valence-corrected chi connectivity index (χ3v) is 3.98. The van der Waals surface area contributed by atoms with Crippen molar-refractivity contribution in [1.29, 1.82) is 0 Å². The minimum Gasteiger partial charge on any atom is -0.399 e. The van der Waals surface area contributed by atoms with Gasteiger partial charge in [0.2, 0.25) is 0 Å². The van der Waals surface area contributed by atoms with Gasteiger partial charge in [0.1, 0.15) is 0 Å². The summed E-state index contributed by atoms with van der Waals surface area (Å²) in [4.78, 5) is 4.78. The number of anilines is 2. The molecule has 4 heteroatoms. The minimum absolute atomic E-state index is 0. The van der Waals surface area contributed by atoms with Crippen LogP contribution in [-0.2, 0) is 0 Å². The Bertz CT molecular complexity index is 364. The predicted molar refractivity (Wildman–Crippen MR) is 89.7 cm³/mol. The Morgan fingerprint density at radius 2 is 1.89 bits per heavy atom. The van der Waals surface area contributed by atoms with Crippen molar-refractivity contribution in [2.45, 2.75) is 19.4 Å². The molecule has 1 fully saturated rings. The van der Waals surface area contributed by atoms with Crippen LogP contribution in [0.4, 0.5) is 11.4 Å². The maximum Gasteiger partial charge on any atom is 0.0367 e. The number of halogens is 1. The van der Waals surface area contributed by atoms with E-state index in [1.54, 1.807) is 0 Å². The number of benzene rings is 1. The zero-order chi connectivity index (χ0) is 12.4. The summed E-state index contributed by atoms with van der Waals surface area (Å²) in [5.74, 6) is 0.766. The van der Waals surface area contributed by atoms with Crippen molar-refractivity contribution in [1.82, 2.24) is 4.90 Å². The molecule has 0 amide bonds. The molecule has 18 heavy (non-hydrogen) atoms. The third kappa shape index (κ3) is 3.51. The van der Waals surface area contributed by atoms with Gasteiger partial charge in [-0.15, -0.1) is 24.0 Å². The summed E-state index contributed by atoms with van der Waals surface area (Å²) in [5, 5.41) is 0. The average molecular weight is 361 g/mol. The van der Waals surface area contributed by atoms with Crippen molar-refractivity contribution < 1.29 is 0 Å². The molecule has 0 aromatic heterocycles. The highest BCUT2D eigenvalue weighted by atomic mass is 127. The molecule has 0 radical (unpaired) electrons. The van der Waals surface area contributed by atoms with Crippen molar-refractivity contribution in [2.24, 2.45) is 5.92 Å². The first-order valence-corrected chi connectivity index (χ1v) is 6.35. The van der Waals surface area contributed by atoms with Gasteiger partial charge in [0.25, 0.3) is 0 Å². The lowest BCUT2D eigenvalue weighted by Crippen LogP contribution is -2.34. The maximum absolute atomic E-state index is 5.72. The molecule has 102 valence electrons. The maximum atomic E-state index is 5.72. The Labute approximate surface area is 127 Å². The molecule has 3 nitrogen and oxygen atoms in total. The van der Waals surface area contributed by atoms with E-state index in [2.05, 4.69) is 43.0 Å². The average Bonchev–Trinajstić information content (AvgIpc) is 2.78. The lowest BCUT2D eigenvalue weighted by atomic mass is 10.00. The summed E-state index contributed by atoms with van der Waals surface area (Å²) in [6.07, 6.45) is 1.28. The second-order valence-electron chi connectivity index (χ2n) is 5.29. The van der Waals surface area contributed by atoms with E-state index < -0.39 is 0 Å². The van der Waals surface area contributed by atoms with E-state index in [9.17, 15) is 0 Å². The van der Waals surface area contributed by atoms with Crippen LogP contribution in [0.25, 0.3) is 0 Å². The smallest absolute Gasteiger partial charge is 0.0367 e. The van der Waals surface area contributed by atoms with Gasteiger partial charge >= 0.3 is 0 Å². The molecule has 0 saturated carbocycles. The van der Waals surface area contributed by atoms with Gasteiger partial charge in [0, 0.05) is 30.5 Å². The van der Waals surface area contributed by atoms with Gasteiger partial charge in [-0.25, -0.2) is 0 Å². The second-order valence-corrected chi connectivity index (χ2v) is 5.29. The minimum atomic E-state index is 0. The van der Waals surface area contributed by atoms with Crippen molar-refractivity contribution in [3.63, 3.8) is 0 Å². The van der Waals surface area contributed by atoms with Gasteiger partial charge in [-0.05, 0) is 57.6 Å². The molecule has 1 aromatic rings. The Morgan fingerprint density at radius 1 is 1.28 bits per heavy atom. The number of hydrogen-bond donors (Lipinski definition) is 1. The lowest BCUT2D eigenvalue weighted by Gasteiger charge is -2.26. The van der Waals surface area contributed by atoms with Crippen LogP contribution < -0.4 is 10.6 Å². The number of nitrogen functional groups attached to an aromatic ring is 1. The molecule has 0 aliphatic carbocycles. The Hall–Kier alpha value is -0.490. The van der Waals surface area contributed by atoms with E-state index in [1.165, 1.54) is 12.1 Å². The van der Waals surface area contributed by atoms with Gasteiger partial charge in [-0.3, -0.25) is 0 Å². The summed E-state index contributed by atoms with van der Waals surface area (Å²) >= 11 is 0. The SMILES string of the molecule is CC(C1CCN(c2ccc(N)cc2)C1)N(C)C.I. The van der Waals surface area contributed by atoms with Crippen molar-refractivity contribution in [2.75, 3.05) is 37.8 Å². The zero-order valence-electron chi connectivity index (χ0n) is 11.5. The van der Waals surface area contributed by atoms with E-state index in [0.717, 1.165) is 24.7 Å². The number of hydrogen-bond acceptors (Lipinski definition) is 3. The Kier molecular flexibility index (Phi) is 5.72. The molecule has 2 N–H and O–H groups in total. The second kappa shape index (κ2) is 6.61. The number of nitrogens with zero attached hydrogens (tertiary/aromatic N) is 2. The van der Waals surface area contributed by atoms with Crippen molar-refractivity contribution in [3.05, 3.63) is 24.3 Å². The third-order valence-electron chi connectivity index (χ3n) is 3.98. The molecule has 0 spiro atoms. The highest BCUT2D eigenvalue weighted by Crippen LogP contribution is 2.27. The van der Waals surface area contributed by atoms with Crippen molar-refractivity contribution >= 4 is 35.4 Å². The number of rotatable bonds is 3. The van der Waals surface area contributed by atoms with Crippen LogP contribution in [0.2, 0.25) is 0 Å². The van der Waals surface area contributed by atoms with Crippen LogP contribution in [0, 0.1) is 5.92 Å². The molecular weight excluding hydrogens is 337 g/mol. The molecule has 2 rings (SSSR count). The Balaban J connectivity index is 0.00000162. The highest BCUT2D eigenvalue weighted by molar-refractivity contribution is 14.0. The quantitative estimate of drug-likeness (QED) is 0.664. The fourth-order valence-corrected chi connectivity index (χ4v) is 2.52. The first kappa shape index (κ1) is 15.6. The van der Waals surface area contributed by atoms with Gasteiger partial charge in [0.15, 0.2) is 0 Å². The van der Waals surface area contributed by atoms with Crippen LogP contribution >= 0.6 is 24.0 Å². The largest absolute Gasteiger partial charge is 0.399 e. The number of nitrogens with two attached hydrogens (primary N) is 1. The van der Waals surface area contributed by atoms with Crippen LogP contribution in [-0.4, -0.2) is 38.1 Å². The summed E-state index contributed by atoms with van der Waals surface area (Å²) in [5.41, 5.74) is 7.85. The van der Waals surface area contributed by atoms with Crippen LogP contribution in [0.3, 0.4) is 0 Å². The molecule has 1 heterocycles. The summed E-state index contributed by atoms with van der Waals surface area (Å²) < 4.78 is 0. The monoisotopic (exact) mass is 361 g/mol. The van der Waals surface area contributed by atoms with E-state index in [1.807, 2.05) is 12.1 Å². The summed E-state index contributed by atoms with van der Waals surface area (Å²) in [7, 11) is 4.33. The van der Waals surface area contributed by atoms with Crippen LogP contribution in [0.15, 0.2) is 24.3 Å². The molecule has 1 aromatic carbocycles. The Morgan fingerprint density at radius 3 is 2.44 bits per heavy atom. The first-order chi connectivity index (χ1) is 8.08. The molecule has 2 atom stereocenters. The van der Waals surface area contributed by atoms with E-state index in [0.29, 0.717) is 6.04 Å². The van der Waals surface area contributed by atoms with E-state index in [-0.39, 0.29) is 24.0 Å². The normalized spacial score (nSPS) is 20.9.